The van der Waals surface area contributed by atoms with Crippen LogP contribution in [0.15, 0.2) is 30.3 Å². The first-order valence-electron chi connectivity index (χ1n) is 5.35. The number of hydrogen-bond donors (Lipinski definition) is 0. The van der Waals surface area contributed by atoms with Crippen molar-refractivity contribution in [2.45, 2.75) is 20.8 Å². The minimum atomic E-state index is 1.14. The van der Waals surface area contributed by atoms with Crippen molar-refractivity contribution in [1.82, 2.24) is 0 Å². The Balaban J connectivity index is 0.000000241. The molecule has 0 amide bonds. The maximum Gasteiger partial charge on any atom is 0.0753 e. The smallest absolute Gasteiger partial charge is 0.0753 e. The van der Waals surface area contributed by atoms with Gasteiger partial charge < -0.3 is 4.48 Å². The molecule has 0 radical (unpaired) electrons. The van der Waals surface area contributed by atoms with Gasteiger partial charge in [-0.1, -0.05) is 35.9 Å². The summed E-state index contributed by atoms with van der Waals surface area (Å²) in [5.74, 6) is 0. The molecule has 1 heteroatoms. The summed E-state index contributed by atoms with van der Waals surface area (Å²) in [4.78, 5) is 0. The van der Waals surface area contributed by atoms with Crippen LogP contribution in [0.1, 0.15) is 19.4 Å². The van der Waals surface area contributed by atoms with Crippen molar-refractivity contribution in [2.24, 2.45) is 0 Å². The molecule has 0 aliphatic carbocycles. The Kier molecular flexibility index (Phi) is 6.22. The summed E-state index contributed by atoms with van der Waals surface area (Å²) < 4.78 is 1.14. The molecule has 0 aliphatic heterocycles. The van der Waals surface area contributed by atoms with Gasteiger partial charge in [0.15, 0.2) is 0 Å². The molecule has 0 aliphatic rings. The number of hydrogen-bond acceptors (Lipinski definition) is 0. The highest BCUT2D eigenvalue weighted by Gasteiger charge is 2.04. The van der Waals surface area contributed by atoms with E-state index in [1.54, 1.807) is 0 Å². The van der Waals surface area contributed by atoms with E-state index in [-0.39, 0.29) is 0 Å². The molecule has 0 heterocycles. The Morgan fingerprint density at radius 2 is 1.36 bits per heavy atom. The van der Waals surface area contributed by atoms with Gasteiger partial charge in [0.05, 0.1) is 27.2 Å². The van der Waals surface area contributed by atoms with Crippen molar-refractivity contribution in [3.63, 3.8) is 0 Å². The third-order valence-corrected chi connectivity index (χ3v) is 2.65. The van der Waals surface area contributed by atoms with Gasteiger partial charge in [0, 0.05) is 0 Å². The predicted octanol–water partition coefficient (Wildman–Crippen LogP) is 3.10. The zero-order chi connectivity index (χ0) is 11.0. The quantitative estimate of drug-likeness (QED) is 0.635. The minimum absolute atomic E-state index is 1.14. The molecule has 0 N–H and O–H groups in total. The number of benzene rings is 1. The third-order valence-electron chi connectivity index (χ3n) is 2.65. The fourth-order valence-corrected chi connectivity index (χ4v) is 0.758. The van der Waals surface area contributed by atoms with Crippen LogP contribution in [0.3, 0.4) is 0 Å². The van der Waals surface area contributed by atoms with E-state index in [9.17, 15) is 0 Å². The summed E-state index contributed by atoms with van der Waals surface area (Å²) >= 11 is 0. The van der Waals surface area contributed by atoms with Crippen molar-refractivity contribution >= 4 is 0 Å². The minimum Gasteiger partial charge on any atom is -0.329 e. The lowest BCUT2D eigenvalue weighted by molar-refractivity contribution is -0.886. The number of quaternary nitrogens is 1. The van der Waals surface area contributed by atoms with Gasteiger partial charge in [0.25, 0.3) is 0 Å². The SMILES string of the molecule is CC[N+](C)(C)CC.Cc1ccccc1. The van der Waals surface area contributed by atoms with Gasteiger partial charge in [-0.2, -0.15) is 0 Å². The second-order valence-electron chi connectivity index (χ2n) is 4.22. The van der Waals surface area contributed by atoms with E-state index in [1.807, 2.05) is 18.2 Å². The second kappa shape index (κ2) is 6.61. The summed E-state index contributed by atoms with van der Waals surface area (Å²) in [6, 6.07) is 10.3. The normalized spacial score (nSPS) is 10.4. The Morgan fingerprint density at radius 1 is 0.929 bits per heavy atom. The van der Waals surface area contributed by atoms with Gasteiger partial charge in [-0.25, -0.2) is 0 Å². The van der Waals surface area contributed by atoms with Crippen molar-refractivity contribution in [1.29, 1.82) is 0 Å². The largest absolute Gasteiger partial charge is 0.329 e. The van der Waals surface area contributed by atoms with Crippen LogP contribution >= 0.6 is 0 Å². The van der Waals surface area contributed by atoms with Gasteiger partial charge in [0.1, 0.15) is 0 Å². The molecule has 1 aromatic rings. The Bertz CT molecular complexity index is 220. The van der Waals surface area contributed by atoms with Crippen LogP contribution in [-0.4, -0.2) is 31.7 Å². The van der Waals surface area contributed by atoms with Crippen LogP contribution in [0.25, 0.3) is 0 Å². The molecule has 0 spiro atoms. The van der Waals surface area contributed by atoms with E-state index in [1.165, 1.54) is 18.7 Å². The van der Waals surface area contributed by atoms with Gasteiger partial charge in [-0.3, -0.25) is 0 Å². The summed E-state index contributed by atoms with van der Waals surface area (Å²) in [6.45, 7) is 8.97. The summed E-state index contributed by atoms with van der Waals surface area (Å²) in [7, 11) is 4.47. The molecule has 0 unspecified atom stereocenters. The average Bonchev–Trinajstić information content (AvgIpc) is 2.20. The van der Waals surface area contributed by atoms with E-state index in [0.717, 1.165) is 4.48 Å². The maximum atomic E-state index is 2.24. The first-order valence-corrected chi connectivity index (χ1v) is 5.35. The van der Waals surface area contributed by atoms with Gasteiger partial charge in [-0.05, 0) is 20.8 Å². The first-order chi connectivity index (χ1) is 6.52. The van der Waals surface area contributed by atoms with Crippen molar-refractivity contribution < 1.29 is 4.48 Å². The standard InChI is InChI=1S/C7H8.C6H16N/c1-7-5-3-2-4-6-7;1-5-7(3,4)6-2/h2-6H,1H3;5-6H2,1-4H3/q;+1. The topological polar surface area (TPSA) is 0 Å². The monoisotopic (exact) mass is 194 g/mol. The molecule has 0 bridgehead atoms. The second-order valence-corrected chi connectivity index (χ2v) is 4.22. The van der Waals surface area contributed by atoms with Gasteiger partial charge >= 0.3 is 0 Å². The lowest BCUT2D eigenvalue weighted by Crippen LogP contribution is -2.38. The summed E-state index contributed by atoms with van der Waals surface area (Å²) in [5.41, 5.74) is 1.32. The molecule has 1 aromatic carbocycles. The molecular formula is C13H24N+. The molecule has 0 atom stereocenters. The van der Waals surface area contributed by atoms with Crippen molar-refractivity contribution in [3.8, 4) is 0 Å². The van der Waals surface area contributed by atoms with E-state index in [2.05, 4.69) is 47.0 Å². The number of nitrogens with zero attached hydrogens (tertiary/aromatic N) is 1. The molecule has 14 heavy (non-hydrogen) atoms. The fraction of sp³-hybridized carbons (Fsp3) is 0.538. The van der Waals surface area contributed by atoms with Crippen LogP contribution in [0, 0.1) is 6.92 Å². The molecule has 1 rings (SSSR count). The lowest BCUT2D eigenvalue weighted by Gasteiger charge is -2.25. The van der Waals surface area contributed by atoms with E-state index in [0.29, 0.717) is 0 Å². The number of rotatable bonds is 2. The fourth-order valence-electron chi connectivity index (χ4n) is 0.758. The van der Waals surface area contributed by atoms with E-state index in [4.69, 9.17) is 0 Å². The average molecular weight is 194 g/mol. The molecule has 0 aromatic heterocycles. The highest BCUT2D eigenvalue weighted by molar-refractivity contribution is 5.11. The Labute approximate surface area is 89.0 Å². The molecule has 1 nitrogen and oxygen atoms in total. The zero-order valence-electron chi connectivity index (χ0n) is 10.2. The van der Waals surface area contributed by atoms with Crippen LogP contribution in [0.5, 0.6) is 0 Å². The van der Waals surface area contributed by atoms with Crippen LogP contribution in [-0.2, 0) is 0 Å². The first kappa shape index (κ1) is 13.2. The Hall–Kier alpha value is -0.820. The van der Waals surface area contributed by atoms with Gasteiger partial charge in [0.2, 0.25) is 0 Å². The van der Waals surface area contributed by atoms with E-state index < -0.39 is 0 Å². The molecule has 80 valence electrons. The zero-order valence-corrected chi connectivity index (χ0v) is 10.2. The highest BCUT2D eigenvalue weighted by atomic mass is 15.3. The summed E-state index contributed by atoms with van der Waals surface area (Å²) in [6.07, 6.45) is 0. The van der Waals surface area contributed by atoms with Crippen LogP contribution < -0.4 is 0 Å². The molecule has 0 saturated carbocycles. The van der Waals surface area contributed by atoms with Crippen molar-refractivity contribution in [3.05, 3.63) is 35.9 Å². The maximum absolute atomic E-state index is 2.24. The predicted molar refractivity (Wildman–Crippen MR) is 64.4 cm³/mol. The van der Waals surface area contributed by atoms with Crippen molar-refractivity contribution in [2.75, 3.05) is 27.2 Å². The highest BCUT2D eigenvalue weighted by Crippen LogP contribution is 1.92. The van der Waals surface area contributed by atoms with Crippen LogP contribution in [0.4, 0.5) is 0 Å². The molecule has 0 saturated heterocycles. The van der Waals surface area contributed by atoms with Crippen LogP contribution in [0.2, 0.25) is 0 Å². The van der Waals surface area contributed by atoms with Gasteiger partial charge in [-0.15, -0.1) is 0 Å². The molecular weight excluding hydrogens is 170 g/mol. The summed E-state index contributed by atoms with van der Waals surface area (Å²) in [5, 5.41) is 0. The third kappa shape index (κ3) is 6.67. The molecule has 0 fully saturated rings. The Morgan fingerprint density at radius 3 is 1.50 bits per heavy atom. The number of aryl methyl sites for hydroxylation is 1. The lowest BCUT2D eigenvalue weighted by atomic mass is 10.2. The van der Waals surface area contributed by atoms with E-state index >= 15 is 0 Å².